The smallest absolute Gasteiger partial charge is 0.332 e. The summed E-state index contributed by atoms with van der Waals surface area (Å²) in [6, 6.07) is 5.60. The van der Waals surface area contributed by atoms with Crippen LogP contribution in [0.3, 0.4) is 0 Å². The van der Waals surface area contributed by atoms with E-state index in [9.17, 15) is 29.1 Å². The SMILES string of the molecule is COC(=O)[C@@H](NC(=O)C1(Cc2cccc(C)c2)CCCN1C(=O)[C@@H]1CCCN1C(=O)[C@@H](C)[C@@H](C)O)[C@@H](C)OC(C)=O. The van der Waals surface area contributed by atoms with E-state index in [2.05, 4.69) is 5.32 Å². The van der Waals surface area contributed by atoms with Gasteiger partial charge in [0.25, 0.3) is 0 Å². The van der Waals surface area contributed by atoms with Crippen LogP contribution in [0.15, 0.2) is 24.3 Å². The van der Waals surface area contributed by atoms with Crippen LogP contribution in [-0.4, -0.2) is 94.6 Å². The highest BCUT2D eigenvalue weighted by Crippen LogP contribution is 2.36. The predicted octanol–water partition coefficient (Wildman–Crippen LogP) is 1.52. The number of ether oxygens (including phenoxy) is 2. The molecule has 2 N–H and O–H groups in total. The number of aryl methyl sites for hydroxylation is 1. The average Bonchev–Trinajstić information content (AvgIpc) is 3.58. The predicted molar refractivity (Wildman–Crippen MR) is 149 cm³/mol. The summed E-state index contributed by atoms with van der Waals surface area (Å²) < 4.78 is 10.1. The third kappa shape index (κ3) is 7.06. The number of amides is 3. The number of nitrogens with one attached hydrogen (secondary N) is 1. The molecule has 1 aromatic rings. The van der Waals surface area contributed by atoms with E-state index in [1.807, 2.05) is 31.2 Å². The number of hydrogen-bond donors (Lipinski definition) is 2. The van der Waals surface area contributed by atoms with E-state index in [0.717, 1.165) is 11.1 Å². The second-order valence-corrected chi connectivity index (χ2v) is 11.3. The van der Waals surface area contributed by atoms with E-state index >= 15 is 0 Å². The standard InChI is InChI=1S/C30H43N3O8/c1-18-10-7-11-23(16-18)17-30(29(39)31-25(28(38)40-6)21(4)41-22(5)35)13-9-15-33(30)27(37)24-12-8-14-32(24)26(36)19(2)20(3)34/h7,10-11,16,19-21,24-25,34H,8-9,12-15,17H2,1-6H3,(H,31,39)/t19-,20+,21+,24-,25-,30?/m0/s1. The first-order chi connectivity index (χ1) is 19.3. The van der Waals surface area contributed by atoms with Gasteiger partial charge in [0.05, 0.1) is 19.1 Å². The number of carbonyl (C=O) groups is 5. The molecule has 0 spiro atoms. The van der Waals surface area contributed by atoms with Crippen LogP contribution in [0.5, 0.6) is 0 Å². The molecular weight excluding hydrogens is 530 g/mol. The fourth-order valence-corrected chi connectivity index (χ4v) is 5.90. The lowest BCUT2D eigenvalue weighted by molar-refractivity contribution is -0.159. The second-order valence-electron chi connectivity index (χ2n) is 11.3. The molecule has 226 valence electrons. The molecule has 0 saturated carbocycles. The summed E-state index contributed by atoms with van der Waals surface area (Å²) in [5.41, 5.74) is 0.467. The fourth-order valence-electron chi connectivity index (χ4n) is 5.90. The van der Waals surface area contributed by atoms with Crippen molar-refractivity contribution >= 4 is 29.7 Å². The number of nitrogens with zero attached hydrogens (tertiary/aromatic N) is 2. The highest BCUT2D eigenvalue weighted by atomic mass is 16.6. The Morgan fingerprint density at radius 1 is 1.12 bits per heavy atom. The molecule has 0 bridgehead atoms. The van der Waals surface area contributed by atoms with Gasteiger partial charge in [-0.3, -0.25) is 19.2 Å². The Bertz CT molecular complexity index is 1150. The zero-order chi connectivity index (χ0) is 30.5. The van der Waals surface area contributed by atoms with Crippen LogP contribution in [0, 0.1) is 12.8 Å². The summed E-state index contributed by atoms with van der Waals surface area (Å²) in [6.45, 7) is 8.49. The van der Waals surface area contributed by atoms with Gasteiger partial charge in [0.1, 0.15) is 17.7 Å². The van der Waals surface area contributed by atoms with Crippen molar-refractivity contribution in [3.8, 4) is 0 Å². The van der Waals surface area contributed by atoms with Crippen molar-refractivity contribution in [2.45, 2.75) is 96.6 Å². The Hall–Kier alpha value is -3.47. The molecule has 11 heteroatoms. The monoisotopic (exact) mass is 573 g/mol. The molecule has 0 radical (unpaired) electrons. The second kappa shape index (κ2) is 13.5. The van der Waals surface area contributed by atoms with E-state index in [1.54, 1.807) is 18.7 Å². The molecule has 2 fully saturated rings. The Kier molecular flexibility index (Phi) is 10.5. The number of aliphatic hydroxyl groups excluding tert-OH is 1. The minimum absolute atomic E-state index is 0.187. The number of aliphatic hydroxyl groups is 1. The first-order valence-corrected chi connectivity index (χ1v) is 14.2. The zero-order valence-corrected chi connectivity index (χ0v) is 24.8. The van der Waals surface area contributed by atoms with Crippen molar-refractivity contribution in [2.75, 3.05) is 20.2 Å². The Balaban J connectivity index is 2.01. The van der Waals surface area contributed by atoms with E-state index in [4.69, 9.17) is 9.47 Å². The normalized spacial score (nSPS) is 23.3. The van der Waals surface area contributed by atoms with E-state index in [1.165, 1.54) is 25.9 Å². The van der Waals surface area contributed by atoms with E-state index in [-0.39, 0.29) is 18.2 Å². The number of likely N-dealkylation sites (tertiary alicyclic amines) is 2. The topological polar surface area (TPSA) is 143 Å². The van der Waals surface area contributed by atoms with Crippen LogP contribution in [-0.2, 0) is 39.9 Å². The van der Waals surface area contributed by atoms with Crippen molar-refractivity contribution in [3.63, 3.8) is 0 Å². The molecule has 3 rings (SSSR count). The maximum absolute atomic E-state index is 14.3. The van der Waals surface area contributed by atoms with Crippen LogP contribution in [0.25, 0.3) is 0 Å². The minimum atomic E-state index is -1.36. The summed E-state index contributed by atoms with van der Waals surface area (Å²) in [6.07, 6.45) is 0.250. The number of methoxy groups -OCH3 is 1. The lowest BCUT2D eigenvalue weighted by atomic mass is 9.85. The van der Waals surface area contributed by atoms with Gasteiger partial charge in [-0.15, -0.1) is 0 Å². The summed E-state index contributed by atoms with van der Waals surface area (Å²) in [5.74, 6) is -3.28. The summed E-state index contributed by atoms with van der Waals surface area (Å²) >= 11 is 0. The van der Waals surface area contributed by atoms with Crippen molar-refractivity contribution in [2.24, 2.45) is 5.92 Å². The highest BCUT2D eigenvalue weighted by molar-refractivity contribution is 5.97. The van der Waals surface area contributed by atoms with Crippen molar-refractivity contribution < 1.29 is 38.6 Å². The quantitative estimate of drug-likeness (QED) is 0.401. The van der Waals surface area contributed by atoms with Gasteiger partial charge < -0.3 is 29.7 Å². The lowest BCUT2D eigenvalue weighted by Gasteiger charge is -2.41. The maximum Gasteiger partial charge on any atom is 0.332 e. The number of rotatable bonds is 10. The third-order valence-electron chi connectivity index (χ3n) is 8.25. The van der Waals surface area contributed by atoms with Gasteiger partial charge in [-0.1, -0.05) is 36.8 Å². The Labute approximate surface area is 241 Å². The first-order valence-electron chi connectivity index (χ1n) is 14.2. The molecule has 1 aromatic carbocycles. The molecule has 2 saturated heterocycles. The van der Waals surface area contributed by atoms with Crippen molar-refractivity contribution in [3.05, 3.63) is 35.4 Å². The maximum atomic E-state index is 14.3. The molecule has 2 aliphatic heterocycles. The van der Waals surface area contributed by atoms with Gasteiger partial charge in [-0.25, -0.2) is 4.79 Å². The van der Waals surface area contributed by atoms with Gasteiger partial charge in [0.2, 0.25) is 17.7 Å². The summed E-state index contributed by atoms with van der Waals surface area (Å²) in [7, 11) is 1.18. The first kappa shape index (κ1) is 32.0. The number of hydrogen-bond acceptors (Lipinski definition) is 8. The van der Waals surface area contributed by atoms with Crippen LogP contribution in [0.1, 0.15) is 64.5 Å². The van der Waals surface area contributed by atoms with Gasteiger partial charge in [-0.05, 0) is 52.0 Å². The number of esters is 2. The number of carbonyl (C=O) groups excluding carboxylic acids is 5. The molecule has 6 atom stereocenters. The summed E-state index contributed by atoms with van der Waals surface area (Å²) in [4.78, 5) is 69.0. The minimum Gasteiger partial charge on any atom is -0.467 e. The Morgan fingerprint density at radius 2 is 1.83 bits per heavy atom. The fraction of sp³-hybridized carbons (Fsp3) is 0.633. The largest absolute Gasteiger partial charge is 0.467 e. The molecule has 2 heterocycles. The molecule has 2 aliphatic rings. The van der Waals surface area contributed by atoms with E-state index in [0.29, 0.717) is 38.8 Å². The molecule has 0 aromatic heterocycles. The molecule has 11 nitrogen and oxygen atoms in total. The summed E-state index contributed by atoms with van der Waals surface area (Å²) in [5, 5.41) is 12.7. The lowest BCUT2D eigenvalue weighted by Crippen LogP contribution is -2.64. The Morgan fingerprint density at radius 3 is 2.44 bits per heavy atom. The van der Waals surface area contributed by atoms with Crippen LogP contribution >= 0.6 is 0 Å². The molecule has 0 aliphatic carbocycles. The average molecular weight is 574 g/mol. The van der Waals surface area contributed by atoms with Crippen LogP contribution < -0.4 is 5.32 Å². The molecule has 3 amide bonds. The van der Waals surface area contributed by atoms with Gasteiger partial charge in [0, 0.05) is 26.4 Å². The van der Waals surface area contributed by atoms with Gasteiger partial charge in [0.15, 0.2) is 6.04 Å². The third-order valence-corrected chi connectivity index (χ3v) is 8.25. The van der Waals surface area contributed by atoms with Crippen LogP contribution in [0.4, 0.5) is 0 Å². The molecule has 41 heavy (non-hydrogen) atoms. The van der Waals surface area contributed by atoms with Gasteiger partial charge >= 0.3 is 11.9 Å². The zero-order valence-electron chi connectivity index (χ0n) is 24.8. The van der Waals surface area contributed by atoms with Crippen LogP contribution in [0.2, 0.25) is 0 Å². The highest BCUT2D eigenvalue weighted by Gasteiger charge is 2.53. The molecule has 1 unspecified atom stereocenters. The van der Waals surface area contributed by atoms with Crippen molar-refractivity contribution in [1.82, 2.24) is 15.1 Å². The van der Waals surface area contributed by atoms with Gasteiger partial charge in [-0.2, -0.15) is 0 Å². The van der Waals surface area contributed by atoms with E-state index < -0.39 is 53.6 Å². The number of benzene rings is 1. The molecular formula is C30H43N3O8. The van der Waals surface area contributed by atoms with Crippen molar-refractivity contribution in [1.29, 1.82) is 0 Å².